The van der Waals surface area contributed by atoms with Gasteiger partial charge in [0.05, 0.1) is 11.5 Å². The third-order valence-electron chi connectivity index (χ3n) is 12.9. The number of rotatable bonds is 5. The summed E-state index contributed by atoms with van der Waals surface area (Å²) in [6, 6.07) is 78.3. The van der Waals surface area contributed by atoms with Crippen LogP contribution in [0.1, 0.15) is 51.2 Å². The Labute approximate surface area is 345 Å². The van der Waals surface area contributed by atoms with E-state index >= 15 is 0 Å². The second-order valence-corrected chi connectivity index (χ2v) is 16.1. The lowest BCUT2D eigenvalue weighted by Gasteiger charge is -2.35. The van der Waals surface area contributed by atoms with E-state index in [1.165, 1.54) is 94.2 Å². The van der Waals surface area contributed by atoms with E-state index in [0.717, 1.165) is 5.70 Å². The van der Waals surface area contributed by atoms with Crippen LogP contribution in [0.25, 0.3) is 61.0 Å². The predicted octanol–water partition coefficient (Wildman–Crippen LogP) is 13.5. The summed E-state index contributed by atoms with van der Waals surface area (Å²) in [4.78, 5) is 0. The quantitative estimate of drug-likeness (QED) is 0.183. The van der Waals surface area contributed by atoms with Gasteiger partial charge in [-0.2, -0.15) is 0 Å². The fraction of sp³-hybridized carbons (Fsp3) is 0.0526. The molecule has 0 radical (unpaired) electrons. The molecule has 9 aromatic carbocycles. The molecule has 2 atom stereocenters. The molecule has 3 aliphatic rings. The van der Waals surface area contributed by atoms with Crippen LogP contribution in [0.3, 0.4) is 0 Å². The van der Waals surface area contributed by atoms with Crippen molar-refractivity contribution in [3.05, 3.63) is 257 Å². The first kappa shape index (κ1) is 33.8. The van der Waals surface area contributed by atoms with E-state index in [4.69, 9.17) is 0 Å². The van der Waals surface area contributed by atoms with Crippen molar-refractivity contribution < 1.29 is 0 Å². The van der Waals surface area contributed by atoms with Crippen LogP contribution < -0.4 is 10.6 Å². The minimum Gasteiger partial charge on any atom is -0.366 e. The molecular formula is C57H40N2. The predicted molar refractivity (Wildman–Crippen MR) is 244 cm³/mol. The average Bonchev–Trinajstić information content (AvgIpc) is 3.80. The molecule has 0 amide bonds. The van der Waals surface area contributed by atoms with Crippen LogP contribution in [-0.2, 0) is 5.41 Å². The van der Waals surface area contributed by atoms with Gasteiger partial charge in [0, 0.05) is 5.70 Å². The van der Waals surface area contributed by atoms with E-state index < -0.39 is 5.41 Å². The molecule has 2 unspecified atom stereocenters. The standard InChI is InChI=1S/C57H40N2/c1-4-17-37(18-5-1)40-24-16-25-42(33-40)53-36-52(39-21-8-3-9-22-39)58-56(59-53)43-31-32-47-51(35-43)57(49-29-14-12-27-45(49)46-28-13-15-30-50(46)57)55-44-26-11-10-23-41(44)34-48(54(47)55)38-19-6-2-7-20-38/h1-36,53,56,58-59H. The summed E-state index contributed by atoms with van der Waals surface area (Å²) >= 11 is 0. The second kappa shape index (κ2) is 13.4. The zero-order chi connectivity index (χ0) is 38.9. The summed E-state index contributed by atoms with van der Waals surface area (Å²) in [6.07, 6.45) is 2.19. The summed E-state index contributed by atoms with van der Waals surface area (Å²) in [5, 5.41) is 10.6. The summed E-state index contributed by atoms with van der Waals surface area (Å²) in [5.41, 5.74) is 19.8. The van der Waals surface area contributed by atoms with Crippen LogP contribution in [0.4, 0.5) is 0 Å². The Bertz CT molecular complexity index is 3060. The maximum Gasteiger partial charge on any atom is 0.104 e. The molecule has 278 valence electrons. The molecule has 59 heavy (non-hydrogen) atoms. The maximum absolute atomic E-state index is 4.07. The van der Waals surface area contributed by atoms with Crippen LogP contribution >= 0.6 is 0 Å². The van der Waals surface area contributed by atoms with Crippen molar-refractivity contribution >= 4 is 16.5 Å². The van der Waals surface area contributed by atoms with Crippen molar-refractivity contribution in [2.75, 3.05) is 0 Å². The highest BCUT2D eigenvalue weighted by Gasteiger charge is 2.53. The smallest absolute Gasteiger partial charge is 0.104 e. The van der Waals surface area contributed by atoms with Crippen molar-refractivity contribution in [2.45, 2.75) is 17.6 Å². The lowest BCUT2D eigenvalue weighted by molar-refractivity contribution is 0.442. The van der Waals surface area contributed by atoms with E-state index in [1.807, 2.05) is 0 Å². The molecule has 1 spiro atoms. The summed E-state index contributed by atoms with van der Waals surface area (Å²) in [7, 11) is 0. The first-order chi connectivity index (χ1) is 29.3. The third-order valence-corrected chi connectivity index (χ3v) is 12.9. The molecule has 0 saturated heterocycles. The Morgan fingerprint density at radius 3 is 1.73 bits per heavy atom. The molecule has 1 heterocycles. The van der Waals surface area contributed by atoms with Gasteiger partial charge in [-0.25, -0.2) is 0 Å². The molecular weight excluding hydrogens is 713 g/mol. The summed E-state index contributed by atoms with van der Waals surface area (Å²) in [6.45, 7) is 0. The van der Waals surface area contributed by atoms with Crippen molar-refractivity contribution in [3.63, 3.8) is 0 Å². The zero-order valence-electron chi connectivity index (χ0n) is 32.4. The number of benzene rings is 9. The minimum absolute atomic E-state index is 0.0268. The van der Waals surface area contributed by atoms with Gasteiger partial charge >= 0.3 is 0 Å². The second-order valence-electron chi connectivity index (χ2n) is 16.1. The van der Waals surface area contributed by atoms with E-state index in [1.54, 1.807) is 0 Å². The Morgan fingerprint density at radius 2 is 1.00 bits per heavy atom. The number of hydrogen-bond acceptors (Lipinski definition) is 2. The highest BCUT2D eigenvalue weighted by atomic mass is 15.2. The molecule has 9 aromatic rings. The highest BCUT2D eigenvalue weighted by Crippen LogP contribution is 2.65. The largest absolute Gasteiger partial charge is 0.366 e. The van der Waals surface area contributed by atoms with Crippen LogP contribution in [-0.4, -0.2) is 0 Å². The molecule has 1 aliphatic heterocycles. The van der Waals surface area contributed by atoms with Crippen LogP contribution in [0.15, 0.2) is 218 Å². The minimum atomic E-state index is -0.519. The fourth-order valence-corrected chi connectivity index (χ4v) is 10.4. The summed E-state index contributed by atoms with van der Waals surface area (Å²) < 4.78 is 0. The Morgan fingerprint density at radius 1 is 0.390 bits per heavy atom. The Hall–Kier alpha value is -7.26. The number of nitrogens with one attached hydrogen (secondary N) is 2. The molecule has 12 rings (SSSR count). The first-order valence-corrected chi connectivity index (χ1v) is 20.7. The molecule has 2 nitrogen and oxygen atoms in total. The summed E-state index contributed by atoms with van der Waals surface area (Å²) in [5.74, 6) is 0. The van der Waals surface area contributed by atoms with Gasteiger partial charge in [-0.05, 0) is 112 Å². The van der Waals surface area contributed by atoms with Crippen LogP contribution in [0.2, 0.25) is 0 Å². The molecule has 2 heteroatoms. The van der Waals surface area contributed by atoms with E-state index in [9.17, 15) is 0 Å². The molecule has 2 aliphatic carbocycles. The number of hydrogen-bond donors (Lipinski definition) is 2. The average molecular weight is 753 g/mol. The monoisotopic (exact) mass is 752 g/mol. The van der Waals surface area contributed by atoms with Crippen molar-refractivity contribution in [3.8, 4) is 44.5 Å². The van der Waals surface area contributed by atoms with E-state index in [-0.39, 0.29) is 12.2 Å². The lowest BCUT2D eigenvalue weighted by Crippen LogP contribution is -2.39. The zero-order valence-corrected chi connectivity index (χ0v) is 32.4. The molecule has 0 aromatic heterocycles. The van der Waals surface area contributed by atoms with Gasteiger partial charge in [0.2, 0.25) is 0 Å². The molecule has 2 N–H and O–H groups in total. The normalized spacial score (nSPS) is 16.8. The maximum atomic E-state index is 4.07. The van der Waals surface area contributed by atoms with Crippen molar-refractivity contribution in [1.82, 2.24) is 10.6 Å². The van der Waals surface area contributed by atoms with Gasteiger partial charge in [0.15, 0.2) is 0 Å². The first-order valence-electron chi connectivity index (χ1n) is 20.7. The van der Waals surface area contributed by atoms with Gasteiger partial charge in [0.1, 0.15) is 6.17 Å². The van der Waals surface area contributed by atoms with Crippen molar-refractivity contribution in [2.24, 2.45) is 0 Å². The van der Waals surface area contributed by atoms with Gasteiger partial charge in [-0.15, -0.1) is 0 Å². The third kappa shape index (κ3) is 5.17. The van der Waals surface area contributed by atoms with Gasteiger partial charge in [0.25, 0.3) is 0 Å². The number of fused-ring (bicyclic) bond motifs is 12. The van der Waals surface area contributed by atoms with Gasteiger partial charge < -0.3 is 5.32 Å². The highest BCUT2D eigenvalue weighted by molar-refractivity contribution is 6.09. The van der Waals surface area contributed by atoms with Crippen molar-refractivity contribution in [1.29, 1.82) is 0 Å². The SMILES string of the molecule is C1=C(c2ccccc2)NC(c2ccc3c(c2)C2(c4ccccc4-c4ccccc42)c2c-3c(-c3ccccc3)cc3ccccc23)NC1c1cccc(-c2ccccc2)c1. The van der Waals surface area contributed by atoms with Gasteiger partial charge in [-0.1, -0.05) is 200 Å². The Kier molecular flexibility index (Phi) is 7.69. The Balaban J connectivity index is 1.09. The van der Waals surface area contributed by atoms with Crippen LogP contribution in [0.5, 0.6) is 0 Å². The fourth-order valence-electron chi connectivity index (χ4n) is 10.4. The lowest BCUT2D eigenvalue weighted by atomic mass is 9.69. The van der Waals surface area contributed by atoms with Crippen LogP contribution in [0, 0.1) is 0 Å². The van der Waals surface area contributed by atoms with E-state index in [0.29, 0.717) is 0 Å². The topological polar surface area (TPSA) is 24.1 Å². The molecule has 0 saturated carbocycles. The van der Waals surface area contributed by atoms with E-state index in [2.05, 4.69) is 229 Å². The van der Waals surface area contributed by atoms with Gasteiger partial charge in [-0.3, -0.25) is 5.32 Å². The molecule has 0 bridgehead atoms. The molecule has 0 fully saturated rings.